The van der Waals surface area contributed by atoms with Crippen LogP contribution in [0.1, 0.15) is 10.4 Å². The van der Waals surface area contributed by atoms with Crippen molar-refractivity contribution in [2.75, 3.05) is 21.2 Å². The second kappa shape index (κ2) is 3.89. The second-order valence-electron chi connectivity index (χ2n) is 2.78. The van der Waals surface area contributed by atoms with E-state index in [4.69, 9.17) is 4.74 Å². The van der Waals surface area contributed by atoms with E-state index >= 15 is 0 Å². The van der Waals surface area contributed by atoms with Gasteiger partial charge in [-0.15, -0.1) is 0 Å². The molecule has 0 aliphatic rings. The van der Waals surface area contributed by atoms with Crippen LogP contribution in [-0.2, 0) is 0 Å². The molecule has 0 radical (unpaired) electrons. The van der Waals surface area contributed by atoms with Crippen LogP contribution in [0.15, 0.2) is 18.5 Å². The summed E-state index contributed by atoms with van der Waals surface area (Å²) < 4.78 is 5.01. The molecule has 0 spiro atoms. The van der Waals surface area contributed by atoms with Gasteiger partial charge < -0.3 is 9.64 Å². The highest BCUT2D eigenvalue weighted by atomic mass is 16.5. The topological polar surface area (TPSA) is 42.4 Å². The highest BCUT2D eigenvalue weighted by Gasteiger charge is 2.12. The molecule has 0 unspecified atom stereocenters. The Morgan fingerprint density at radius 1 is 1.54 bits per heavy atom. The number of nitrogens with zero attached hydrogens (tertiary/aromatic N) is 2. The summed E-state index contributed by atoms with van der Waals surface area (Å²) in [5.74, 6) is 0.417. The normalized spacial score (nSPS) is 9.46. The molecule has 1 rings (SSSR count). The lowest BCUT2D eigenvalue weighted by molar-refractivity contribution is 0.0824. The highest BCUT2D eigenvalue weighted by molar-refractivity contribution is 5.96. The summed E-state index contributed by atoms with van der Waals surface area (Å²) in [6, 6.07) is 1.64. The smallest absolute Gasteiger partial charge is 0.257 e. The minimum absolute atomic E-state index is 0.0840. The predicted molar refractivity (Wildman–Crippen MR) is 48.8 cm³/mol. The third kappa shape index (κ3) is 1.96. The molecule has 1 aromatic heterocycles. The van der Waals surface area contributed by atoms with E-state index in [0.29, 0.717) is 11.3 Å². The van der Waals surface area contributed by atoms with E-state index in [2.05, 4.69) is 4.98 Å². The van der Waals surface area contributed by atoms with Gasteiger partial charge in [-0.05, 0) is 6.07 Å². The van der Waals surface area contributed by atoms with Gasteiger partial charge in [-0.3, -0.25) is 9.78 Å². The molecule has 0 saturated heterocycles. The lowest BCUT2D eigenvalue weighted by atomic mass is 10.2. The highest BCUT2D eigenvalue weighted by Crippen LogP contribution is 2.16. The fourth-order valence-corrected chi connectivity index (χ4v) is 0.960. The van der Waals surface area contributed by atoms with Crippen LogP contribution in [0.3, 0.4) is 0 Å². The molecular weight excluding hydrogens is 168 g/mol. The Kier molecular flexibility index (Phi) is 2.84. The fraction of sp³-hybridized carbons (Fsp3) is 0.333. The molecule has 1 aromatic rings. The number of amides is 1. The van der Waals surface area contributed by atoms with E-state index in [1.807, 2.05) is 0 Å². The Labute approximate surface area is 77.1 Å². The van der Waals surface area contributed by atoms with Gasteiger partial charge in [0.15, 0.2) is 0 Å². The zero-order valence-corrected chi connectivity index (χ0v) is 7.94. The first-order chi connectivity index (χ1) is 6.16. The first-order valence-electron chi connectivity index (χ1n) is 3.86. The first-order valence-corrected chi connectivity index (χ1v) is 3.86. The van der Waals surface area contributed by atoms with E-state index < -0.39 is 0 Å². The van der Waals surface area contributed by atoms with Crippen molar-refractivity contribution >= 4 is 5.91 Å². The van der Waals surface area contributed by atoms with Gasteiger partial charge >= 0.3 is 0 Å². The number of hydrogen-bond donors (Lipinski definition) is 0. The summed E-state index contributed by atoms with van der Waals surface area (Å²) in [6.07, 6.45) is 3.09. The first kappa shape index (κ1) is 9.51. The standard InChI is InChI=1S/C9H12N2O2/c1-11(2)9(12)7-4-5-10-6-8(7)13-3/h4-6H,1-3H3. The van der Waals surface area contributed by atoms with Gasteiger partial charge in [0, 0.05) is 20.3 Å². The Morgan fingerprint density at radius 3 is 2.77 bits per heavy atom. The second-order valence-corrected chi connectivity index (χ2v) is 2.78. The minimum atomic E-state index is -0.0840. The third-order valence-corrected chi connectivity index (χ3v) is 1.64. The van der Waals surface area contributed by atoms with E-state index in [0.717, 1.165) is 0 Å². The molecular formula is C9H12N2O2. The predicted octanol–water partition coefficient (Wildman–Crippen LogP) is 0.792. The van der Waals surface area contributed by atoms with Gasteiger partial charge in [-0.1, -0.05) is 0 Å². The van der Waals surface area contributed by atoms with Crippen molar-refractivity contribution in [3.8, 4) is 5.75 Å². The fourth-order valence-electron chi connectivity index (χ4n) is 0.960. The molecule has 0 saturated carbocycles. The summed E-state index contributed by atoms with van der Waals surface area (Å²) in [4.78, 5) is 16.9. The molecule has 0 bridgehead atoms. The number of carbonyl (C=O) groups is 1. The molecule has 70 valence electrons. The quantitative estimate of drug-likeness (QED) is 0.675. The van der Waals surface area contributed by atoms with Crippen molar-refractivity contribution in [2.24, 2.45) is 0 Å². The summed E-state index contributed by atoms with van der Waals surface area (Å²) in [7, 11) is 4.91. The van der Waals surface area contributed by atoms with Gasteiger partial charge in [0.05, 0.1) is 18.9 Å². The molecule has 1 amide bonds. The number of aromatic nitrogens is 1. The lowest BCUT2D eigenvalue weighted by Crippen LogP contribution is -2.22. The summed E-state index contributed by atoms with van der Waals surface area (Å²) in [5.41, 5.74) is 0.530. The molecule has 0 atom stereocenters. The molecule has 0 aliphatic heterocycles. The van der Waals surface area contributed by atoms with Crippen LogP contribution in [0.4, 0.5) is 0 Å². The Morgan fingerprint density at radius 2 is 2.23 bits per heavy atom. The lowest BCUT2D eigenvalue weighted by Gasteiger charge is -2.12. The van der Waals surface area contributed by atoms with Gasteiger partial charge in [-0.25, -0.2) is 0 Å². The number of ether oxygens (including phenoxy) is 1. The molecule has 13 heavy (non-hydrogen) atoms. The maximum Gasteiger partial charge on any atom is 0.257 e. The number of pyridine rings is 1. The van der Waals surface area contributed by atoms with Crippen molar-refractivity contribution in [1.82, 2.24) is 9.88 Å². The zero-order chi connectivity index (χ0) is 9.84. The van der Waals surface area contributed by atoms with Crippen molar-refractivity contribution < 1.29 is 9.53 Å². The largest absolute Gasteiger partial charge is 0.494 e. The Balaban J connectivity index is 3.06. The molecule has 0 N–H and O–H groups in total. The van der Waals surface area contributed by atoms with Crippen LogP contribution in [0.25, 0.3) is 0 Å². The number of hydrogen-bond acceptors (Lipinski definition) is 3. The van der Waals surface area contributed by atoms with Crippen LogP contribution < -0.4 is 4.74 Å². The van der Waals surface area contributed by atoms with Crippen molar-refractivity contribution in [3.63, 3.8) is 0 Å². The monoisotopic (exact) mass is 180 g/mol. The average Bonchev–Trinajstić information content (AvgIpc) is 2.16. The van der Waals surface area contributed by atoms with Gasteiger partial charge in [0.2, 0.25) is 0 Å². The van der Waals surface area contributed by atoms with Crippen LogP contribution in [0.5, 0.6) is 5.75 Å². The SMILES string of the molecule is COc1cnccc1C(=O)N(C)C. The van der Waals surface area contributed by atoms with Crippen molar-refractivity contribution in [1.29, 1.82) is 0 Å². The van der Waals surface area contributed by atoms with E-state index in [-0.39, 0.29) is 5.91 Å². The maximum atomic E-state index is 11.5. The van der Waals surface area contributed by atoms with Gasteiger partial charge in [0.1, 0.15) is 5.75 Å². The summed E-state index contributed by atoms with van der Waals surface area (Å²) in [6.45, 7) is 0. The van der Waals surface area contributed by atoms with Crippen LogP contribution >= 0.6 is 0 Å². The minimum Gasteiger partial charge on any atom is -0.494 e. The van der Waals surface area contributed by atoms with E-state index in [1.54, 1.807) is 26.4 Å². The maximum absolute atomic E-state index is 11.5. The van der Waals surface area contributed by atoms with Gasteiger partial charge in [-0.2, -0.15) is 0 Å². The molecule has 0 aromatic carbocycles. The van der Waals surface area contributed by atoms with E-state index in [1.165, 1.54) is 18.2 Å². The zero-order valence-electron chi connectivity index (χ0n) is 7.94. The average molecular weight is 180 g/mol. The summed E-state index contributed by atoms with van der Waals surface area (Å²) in [5, 5.41) is 0. The van der Waals surface area contributed by atoms with E-state index in [9.17, 15) is 4.79 Å². The summed E-state index contributed by atoms with van der Waals surface area (Å²) >= 11 is 0. The Hall–Kier alpha value is -1.58. The molecule has 0 aliphatic carbocycles. The third-order valence-electron chi connectivity index (χ3n) is 1.64. The number of methoxy groups -OCH3 is 1. The van der Waals surface area contributed by atoms with Crippen molar-refractivity contribution in [2.45, 2.75) is 0 Å². The van der Waals surface area contributed by atoms with Gasteiger partial charge in [0.25, 0.3) is 5.91 Å². The van der Waals surface area contributed by atoms with Crippen LogP contribution in [0, 0.1) is 0 Å². The van der Waals surface area contributed by atoms with Crippen LogP contribution in [0.2, 0.25) is 0 Å². The molecule has 0 fully saturated rings. The molecule has 4 nitrogen and oxygen atoms in total. The number of rotatable bonds is 2. The number of carbonyl (C=O) groups excluding carboxylic acids is 1. The Bertz CT molecular complexity index is 310. The van der Waals surface area contributed by atoms with Crippen LogP contribution in [-0.4, -0.2) is 37.0 Å². The molecule has 4 heteroatoms. The van der Waals surface area contributed by atoms with Crippen molar-refractivity contribution in [3.05, 3.63) is 24.0 Å². The molecule has 1 heterocycles.